The van der Waals surface area contributed by atoms with Crippen molar-refractivity contribution in [2.45, 2.75) is 0 Å². The minimum absolute atomic E-state index is 0.522. The first kappa shape index (κ1) is 17.5. The normalized spacial score (nSPS) is 11.0. The molecule has 0 aliphatic carbocycles. The Kier molecular flexibility index (Phi) is 4.55. The van der Waals surface area contributed by atoms with E-state index in [1.807, 2.05) is 25.1 Å². The van der Waals surface area contributed by atoms with E-state index in [0.29, 0.717) is 38.6 Å². The highest BCUT2D eigenvalue weighted by molar-refractivity contribution is 6.39. The predicted octanol–water partition coefficient (Wildman–Crippen LogP) is 4.53. The van der Waals surface area contributed by atoms with Crippen LogP contribution in [0.3, 0.4) is 0 Å². The summed E-state index contributed by atoms with van der Waals surface area (Å²) < 4.78 is 0. The lowest BCUT2D eigenvalue weighted by Crippen LogP contribution is -2.11. The molecule has 0 saturated heterocycles. The first-order valence-electron chi connectivity index (χ1n) is 8.08. The molecule has 0 spiro atoms. The third kappa shape index (κ3) is 3.39. The van der Waals surface area contributed by atoms with Crippen LogP contribution in [0.15, 0.2) is 42.9 Å². The second kappa shape index (κ2) is 7.02. The van der Waals surface area contributed by atoms with E-state index in [4.69, 9.17) is 23.2 Å². The van der Waals surface area contributed by atoms with Crippen molar-refractivity contribution < 1.29 is 0 Å². The fourth-order valence-electron chi connectivity index (χ4n) is 2.61. The van der Waals surface area contributed by atoms with Crippen LogP contribution in [0.2, 0.25) is 10.0 Å². The average molecular weight is 400 g/mol. The quantitative estimate of drug-likeness (QED) is 0.524. The van der Waals surface area contributed by atoms with E-state index in [0.717, 1.165) is 11.3 Å². The molecule has 0 saturated carbocycles. The SMILES string of the molecule is CN(C)c1cnc(Nc2nccc3[nH]c(-c4c(Cl)cccc4Cl)nc23)cn1. The Morgan fingerprint density at radius 3 is 2.44 bits per heavy atom. The molecule has 2 N–H and O–H groups in total. The Bertz CT molecular complexity index is 1090. The predicted molar refractivity (Wildman–Crippen MR) is 109 cm³/mol. The van der Waals surface area contributed by atoms with Gasteiger partial charge in [-0.3, -0.25) is 0 Å². The number of aromatic amines is 1. The molecule has 136 valence electrons. The van der Waals surface area contributed by atoms with E-state index in [9.17, 15) is 0 Å². The summed E-state index contributed by atoms with van der Waals surface area (Å²) in [5.74, 6) is 2.47. The van der Waals surface area contributed by atoms with Crippen molar-refractivity contribution in [2.75, 3.05) is 24.3 Å². The maximum Gasteiger partial charge on any atom is 0.159 e. The molecular formula is C18H15Cl2N7. The lowest BCUT2D eigenvalue weighted by molar-refractivity contribution is 1.04. The van der Waals surface area contributed by atoms with Gasteiger partial charge in [-0.15, -0.1) is 0 Å². The number of imidazole rings is 1. The fourth-order valence-corrected chi connectivity index (χ4v) is 3.18. The lowest BCUT2D eigenvalue weighted by Gasteiger charge is -2.11. The number of benzene rings is 1. The molecule has 3 heterocycles. The van der Waals surface area contributed by atoms with Crippen LogP contribution in [0.25, 0.3) is 22.4 Å². The van der Waals surface area contributed by atoms with Crippen LogP contribution >= 0.6 is 23.2 Å². The molecule has 7 nitrogen and oxygen atoms in total. The maximum absolute atomic E-state index is 6.30. The number of nitrogens with zero attached hydrogens (tertiary/aromatic N) is 5. The van der Waals surface area contributed by atoms with Gasteiger partial charge in [0.25, 0.3) is 0 Å². The number of H-pyrrole nitrogens is 1. The average Bonchev–Trinajstić information content (AvgIpc) is 3.07. The number of aromatic nitrogens is 5. The fraction of sp³-hybridized carbons (Fsp3) is 0.111. The maximum atomic E-state index is 6.30. The monoisotopic (exact) mass is 399 g/mol. The topological polar surface area (TPSA) is 82.6 Å². The minimum atomic E-state index is 0.522. The first-order chi connectivity index (χ1) is 13.0. The van der Waals surface area contributed by atoms with Gasteiger partial charge in [0, 0.05) is 20.3 Å². The largest absolute Gasteiger partial charge is 0.361 e. The molecule has 0 bridgehead atoms. The van der Waals surface area contributed by atoms with Crippen LogP contribution in [0.4, 0.5) is 17.5 Å². The van der Waals surface area contributed by atoms with Crippen molar-refractivity contribution in [1.29, 1.82) is 0 Å². The summed E-state index contributed by atoms with van der Waals surface area (Å²) in [4.78, 5) is 22.8. The molecule has 27 heavy (non-hydrogen) atoms. The molecule has 0 radical (unpaired) electrons. The molecule has 9 heteroatoms. The number of hydrogen-bond donors (Lipinski definition) is 2. The second-order valence-electron chi connectivity index (χ2n) is 6.02. The molecule has 0 amide bonds. The summed E-state index contributed by atoms with van der Waals surface area (Å²) in [5.41, 5.74) is 2.11. The van der Waals surface area contributed by atoms with Crippen LogP contribution < -0.4 is 10.2 Å². The van der Waals surface area contributed by atoms with Gasteiger partial charge >= 0.3 is 0 Å². The van der Waals surface area contributed by atoms with Gasteiger partial charge < -0.3 is 15.2 Å². The minimum Gasteiger partial charge on any atom is -0.361 e. The number of pyridine rings is 1. The molecule has 1 aromatic carbocycles. The smallest absolute Gasteiger partial charge is 0.159 e. The number of nitrogens with one attached hydrogen (secondary N) is 2. The lowest BCUT2D eigenvalue weighted by atomic mass is 10.2. The summed E-state index contributed by atoms with van der Waals surface area (Å²) in [7, 11) is 3.81. The van der Waals surface area contributed by atoms with Crippen molar-refractivity contribution in [3.8, 4) is 11.4 Å². The third-order valence-corrected chi connectivity index (χ3v) is 4.57. The number of hydrogen-bond acceptors (Lipinski definition) is 6. The van der Waals surface area contributed by atoms with Crippen molar-refractivity contribution >= 4 is 51.7 Å². The van der Waals surface area contributed by atoms with Crippen molar-refractivity contribution in [2.24, 2.45) is 0 Å². The molecular weight excluding hydrogens is 385 g/mol. The highest BCUT2D eigenvalue weighted by Gasteiger charge is 2.15. The second-order valence-corrected chi connectivity index (χ2v) is 6.83. The molecule has 0 aliphatic rings. The Morgan fingerprint density at radius 1 is 1.00 bits per heavy atom. The molecule has 3 aromatic heterocycles. The van der Waals surface area contributed by atoms with E-state index in [2.05, 4.69) is 30.2 Å². The number of fused-ring (bicyclic) bond motifs is 1. The summed E-state index contributed by atoms with van der Waals surface area (Å²) >= 11 is 12.6. The van der Waals surface area contributed by atoms with Crippen molar-refractivity contribution in [3.05, 3.63) is 52.9 Å². The standard InChI is InChI=1S/C18H15Cl2N7/c1-27(2)14-9-22-13(8-23-14)25-18-16-12(6-7-21-18)24-17(26-16)15-10(19)4-3-5-11(15)20/h3-9H,1-2H3,(H,24,26)(H,21,22,25). The number of halogens is 2. The number of rotatable bonds is 4. The highest BCUT2D eigenvalue weighted by atomic mass is 35.5. The zero-order chi connectivity index (χ0) is 19.0. The van der Waals surface area contributed by atoms with E-state index in [1.54, 1.807) is 36.8 Å². The van der Waals surface area contributed by atoms with Crippen molar-refractivity contribution in [1.82, 2.24) is 24.9 Å². The molecule has 0 unspecified atom stereocenters. The van der Waals surface area contributed by atoms with Gasteiger partial charge in [0.1, 0.15) is 23.0 Å². The van der Waals surface area contributed by atoms with Gasteiger partial charge in [0.15, 0.2) is 5.82 Å². The summed E-state index contributed by atoms with van der Waals surface area (Å²) in [6.07, 6.45) is 5.01. The van der Waals surface area contributed by atoms with Crippen LogP contribution in [-0.4, -0.2) is 39.0 Å². The van der Waals surface area contributed by atoms with E-state index < -0.39 is 0 Å². The van der Waals surface area contributed by atoms with E-state index in [1.165, 1.54) is 0 Å². The molecule has 0 fully saturated rings. The molecule has 4 aromatic rings. The van der Waals surface area contributed by atoms with Gasteiger partial charge in [-0.25, -0.2) is 19.9 Å². The summed E-state index contributed by atoms with van der Waals surface area (Å²) in [6, 6.07) is 7.18. The molecule has 0 atom stereocenters. The molecule has 0 aliphatic heterocycles. The molecule has 4 rings (SSSR count). The number of anilines is 3. The Hall–Kier alpha value is -2.90. The Labute approximate surface area is 165 Å². The highest BCUT2D eigenvalue weighted by Crippen LogP contribution is 2.34. The van der Waals surface area contributed by atoms with Gasteiger partial charge in [-0.05, 0) is 18.2 Å². The van der Waals surface area contributed by atoms with Crippen LogP contribution in [0.5, 0.6) is 0 Å². The van der Waals surface area contributed by atoms with Crippen LogP contribution in [0, 0.1) is 0 Å². The van der Waals surface area contributed by atoms with E-state index in [-0.39, 0.29) is 0 Å². The third-order valence-electron chi connectivity index (χ3n) is 3.94. The zero-order valence-electron chi connectivity index (χ0n) is 14.5. The van der Waals surface area contributed by atoms with Crippen LogP contribution in [-0.2, 0) is 0 Å². The van der Waals surface area contributed by atoms with Gasteiger partial charge in [0.2, 0.25) is 0 Å². The summed E-state index contributed by atoms with van der Waals surface area (Å²) in [6.45, 7) is 0. The summed E-state index contributed by atoms with van der Waals surface area (Å²) in [5, 5.41) is 4.20. The zero-order valence-corrected chi connectivity index (χ0v) is 16.0. The first-order valence-corrected chi connectivity index (χ1v) is 8.84. The van der Waals surface area contributed by atoms with Crippen molar-refractivity contribution in [3.63, 3.8) is 0 Å². The van der Waals surface area contributed by atoms with Gasteiger partial charge in [-0.2, -0.15) is 0 Å². The Balaban J connectivity index is 1.73. The van der Waals surface area contributed by atoms with Gasteiger partial charge in [0.05, 0.1) is 33.5 Å². The van der Waals surface area contributed by atoms with Crippen LogP contribution in [0.1, 0.15) is 0 Å². The Morgan fingerprint density at radius 2 is 1.78 bits per heavy atom. The van der Waals surface area contributed by atoms with E-state index >= 15 is 0 Å². The van der Waals surface area contributed by atoms with Gasteiger partial charge in [-0.1, -0.05) is 29.3 Å².